The molecule has 0 saturated carbocycles. The zero-order chi connectivity index (χ0) is 26.9. The summed E-state index contributed by atoms with van der Waals surface area (Å²) in [7, 11) is 0. The molecule has 3 aromatic heterocycles. The largest absolute Gasteiger partial charge is 0.416 e. The third-order valence-corrected chi connectivity index (χ3v) is 5.97. The maximum Gasteiger partial charge on any atom is 0.416 e. The first kappa shape index (κ1) is 24.5. The second kappa shape index (κ2) is 9.72. The highest BCUT2D eigenvalue weighted by molar-refractivity contribution is 5.98. The van der Waals surface area contributed by atoms with Crippen molar-refractivity contribution in [1.82, 2.24) is 18.9 Å². The summed E-state index contributed by atoms with van der Waals surface area (Å²) in [6, 6.07) is 15.9. The van der Waals surface area contributed by atoms with Gasteiger partial charge in [-0.15, -0.1) is 0 Å². The number of nitriles is 1. The Labute approximate surface area is 215 Å². The van der Waals surface area contributed by atoms with Crippen molar-refractivity contribution in [3.8, 4) is 23.6 Å². The number of aryl methyl sites for hydroxylation is 1. The maximum atomic E-state index is 13.6. The highest BCUT2D eigenvalue weighted by Gasteiger charge is 2.31. The Hall–Kier alpha value is -5.15. The van der Waals surface area contributed by atoms with E-state index in [2.05, 4.69) is 21.8 Å². The van der Waals surface area contributed by atoms with Crippen LogP contribution in [0, 0.1) is 30.1 Å². The highest BCUT2D eigenvalue weighted by Crippen LogP contribution is 2.32. The number of halogens is 3. The van der Waals surface area contributed by atoms with Gasteiger partial charge >= 0.3 is 6.18 Å². The molecule has 0 amide bonds. The van der Waals surface area contributed by atoms with Crippen LogP contribution in [0.3, 0.4) is 0 Å². The molecule has 9 heteroatoms. The molecule has 0 fully saturated rings. The van der Waals surface area contributed by atoms with Gasteiger partial charge in [0.25, 0.3) is 0 Å². The van der Waals surface area contributed by atoms with Crippen LogP contribution in [0.1, 0.15) is 44.0 Å². The van der Waals surface area contributed by atoms with Crippen molar-refractivity contribution >= 4 is 11.4 Å². The molecule has 3 heterocycles. The van der Waals surface area contributed by atoms with Gasteiger partial charge in [0, 0.05) is 35.6 Å². The minimum absolute atomic E-state index is 0.0669. The fourth-order valence-corrected chi connectivity index (χ4v) is 3.98. The molecule has 0 radical (unpaired) electrons. The Morgan fingerprint density at radius 3 is 2.66 bits per heavy atom. The van der Waals surface area contributed by atoms with Crippen LogP contribution in [0.25, 0.3) is 11.3 Å². The van der Waals surface area contributed by atoms with E-state index in [0.29, 0.717) is 16.8 Å². The fraction of sp³-hybridized carbons (Fsp3) is 0.103. The smallest absolute Gasteiger partial charge is 0.305 e. The summed E-state index contributed by atoms with van der Waals surface area (Å²) >= 11 is 0. The Kier molecular flexibility index (Phi) is 6.28. The van der Waals surface area contributed by atoms with Crippen molar-refractivity contribution in [3.05, 3.63) is 119 Å². The van der Waals surface area contributed by atoms with Gasteiger partial charge in [-0.2, -0.15) is 18.4 Å². The zero-order valence-corrected chi connectivity index (χ0v) is 20.0. The second-order valence-corrected chi connectivity index (χ2v) is 8.62. The van der Waals surface area contributed by atoms with Crippen LogP contribution in [0.4, 0.5) is 13.2 Å². The molecule has 186 valence electrons. The van der Waals surface area contributed by atoms with Crippen molar-refractivity contribution < 1.29 is 18.0 Å². The lowest BCUT2D eigenvalue weighted by Crippen LogP contribution is -2.10. The van der Waals surface area contributed by atoms with Gasteiger partial charge in [0.15, 0.2) is 11.5 Å². The van der Waals surface area contributed by atoms with Gasteiger partial charge in [0.2, 0.25) is 0 Å². The van der Waals surface area contributed by atoms with Crippen LogP contribution in [0.5, 0.6) is 0 Å². The van der Waals surface area contributed by atoms with E-state index >= 15 is 0 Å². The SMILES string of the molecule is Cc1ccc(C(=O)Cc2cc(-n3cnc(C#N)c3)cc(C(F)(F)F)c2)cc1C#Cc1cnc2ccccn12. The molecule has 38 heavy (non-hydrogen) atoms. The summed E-state index contributed by atoms with van der Waals surface area (Å²) in [6.45, 7) is 1.87. The summed E-state index contributed by atoms with van der Waals surface area (Å²) in [5.74, 6) is 5.81. The van der Waals surface area contributed by atoms with E-state index in [1.54, 1.807) is 24.4 Å². The molecule has 5 rings (SSSR count). The summed E-state index contributed by atoms with van der Waals surface area (Å²) in [6.07, 6.45) is 1.24. The predicted octanol–water partition coefficient (Wildman–Crippen LogP) is 5.54. The summed E-state index contributed by atoms with van der Waals surface area (Å²) < 4.78 is 44.0. The molecular weight excluding hydrogens is 491 g/mol. The van der Waals surface area contributed by atoms with Crippen LogP contribution < -0.4 is 0 Å². The molecular formula is C29H18F3N5O. The van der Waals surface area contributed by atoms with Crippen LogP contribution in [0.15, 0.2) is 79.5 Å². The van der Waals surface area contributed by atoms with E-state index in [9.17, 15) is 18.0 Å². The van der Waals surface area contributed by atoms with Gasteiger partial charge < -0.3 is 4.57 Å². The Morgan fingerprint density at radius 1 is 1.05 bits per heavy atom. The van der Waals surface area contributed by atoms with Gasteiger partial charge in [-0.25, -0.2) is 9.97 Å². The molecule has 0 aliphatic carbocycles. The normalized spacial score (nSPS) is 11.1. The van der Waals surface area contributed by atoms with Crippen molar-refractivity contribution in [3.63, 3.8) is 0 Å². The van der Waals surface area contributed by atoms with Crippen LogP contribution in [-0.4, -0.2) is 24.7 Å². The van der Waals surface area contributed by atoms with Crippen LogP contribution >= 0.6 is 0 Å². The number of alkyl halides is 3. The lowest BCUT2D eigenvalue weighted by atomic mass is 9.97. The maximum absolute atomic E-state index is 13.6. The van der Waals surface area contributed by atoms with E-state index in [1.165, 1.54) is 23.2 Å². The number of carbonyl (C=O) groups is 1. The molecule has 0 bridgehead atoms. The second-order valence-electron chi connectivity index (χ2n) is 8.62. The monoisotopic (exact) mass is 509 g/mol. The molecule has 5 aromatic rings. The number of ketones is 1. The van der Waals surface area contributed by atoms with Crippen molar-refractivity contribution in [2.45, 2.75) is 19.5 Å². The molecule has 0 saturated heterocycles. The molecule has 0 N–H and O–H groups in total. The summed E-state index contributed by atoms with van der Waals surface area (Å²) in [5.41, 5.74) is 2.79. The topological polar surface area (TPSA) is 76.0 Å². The number of nitrogens with zero attached hydrogens (tertiary/aromatic N) is 5. The first-order chi connectivity index (χ1) is 18.2. The number of fused-ring (bicyclic) bond motifs is 1. The number of Topliss-reactive ketones (excluding diaryl/α,β-unsaturated/α-hetero) is 1. The third kappa shape index (κ3) is 5.04. The van der Waals surface area contributed by atoms with Gasteiger partial charge in [-0.05, 0) is 60.4 Å². The molecule has 0 unspecified atom stereocenters. The van der Waals surface area contributed by atoms with Gasteiger partial charge in [-0.3, -0.25) is 9.20 Å². The molecule has 2 aromatic carbocycles. The van der Waals surface area contributed by atoms with E-state index in [4.69, 9.17) is 5.26 Å². The average molecular weight is 509 g/mol. The number of rotatable bonds is 4. The van der Waals surface area contributed by atoms with Crippen LogP contribution in [0.2, 0.25) is 0 Å². The van der Waals surface area contributed by atoms with E-state index < -0.39 is 11.7 Å². The standard InChI is InChI=1S/C29H18F3N5O/c1-19-5-6-22(13-21(19)7-8-25-16-34-28-4-2-3-9-37(25)28)27(38)12-20-10-23(29(30,31)32)14-26(11-20)36-17-24(15-33)35-18-36/h2-6,9-11,13-14,16-18H,12H2,1H3. The molecule has 0 aliphatic rings. The Balaban J connectivity index is 1.45. The zero-order valence-electron chi connectivity index (χ0n) is 20.0. The summed E-state index contributed by atoms with van der Waals surface area (Å²) in [5, 5.41) is 9.00. The first-order valence-electron chi connectivity index (χ1n) is 11.4. The quantitative estimate of drug-likeness (QED) is 0.235. The molecule has 0 atom stereocenters. The highest BCUT2D eigenvalue weighted by atomic mass is 19.4. The molecule has 6 nitrogen and oxygen atoms in total. The van der Waals surface area contributed by atoms with Crippen molar-refractivity contribution in [2.24, 2.45) is 0 Å². The Morgan fingerprint density at radius 2 is 1.89 bits per heavy atom. The lowest BCUT2D eigenvalue weighted by molar-refractivity contribution is -0.137. The number of hydrogen-bond acceptors (Lipinski definition) is 4. The lowest BCUT2D eigenvalue weighted by Gasteiger charge is -2.13. The Bertz CT molecular complexity index is 1790. The van der Waals surface area contributed by atoms with Gasteiger partial charge in [0.05, 0.1) is 11.8 Å². The third-order valence-electron chi connectivity index (χ3n) is 5.97. The van der Waals surface area contributed by atoms with Crippen molar-refractivity contribution in [1.29, 1.82) is 5.26 Å². The summed E-state index contributed by atoms with van der Waals surface area (Å²) in [4.78, 5) is 21.3. The number of imidazole rings is 2. The molecule has 0 aliphatic heterocycles. The average Bonchev–Trinajstić information content (AvgIpc) is 3.55. The number of aromatic nitrogens is 4. The number of pyridine rings is 1. The predicted molar refractivity (Wildman–Crippen MR) is 134 cm³/mol. The number of carbonyl (C=O) groups excluding carboxylic acids is 1. The number of hydrogen-bond donors (Lipinski definition) is 0. The van der Waals surface area contributed by atoms with E-state index in [-0.39, 0.29) is 29.1 Å². The van der Waals surface area contributed by atoms with Crippen molar-refractivity contribution in [2.75, 3.05) is 0 Å². The van der Waals surface area contributed by atoms with Crippen LogP contribution in [-0.2, 0) is 12.6 Å². The minimum atomic E-state index is -4.61. The van der Waals surface area contributed by atoms with Gasteiger partial charge in [0.1, 0.15) is 23.7 Å². The number of benzene rings is 2. The molecule has 0 spiro atoms. The van der Waals surface area contributed by atoms with Gasteiger partial charge in [-0.1, -0.05) is 24.1 Å². The first-order valence-corrected chi connectivity index (χ1v) is 11.4. The minimum Gasteiger partial charge on any atom is -0.305 e. The van der Waals surface area contributed by atoms with E-state index in [0.717, 1.165) is 23.3 Å². The van der Waals surface area contributed by atoms with E-state index in [1.807, 2.05) is 41.8 Å². The fourth-order valence-electron chi connectivity index (χ4n) is 3.98.